The van der Waals surface area contributed by atoms with Crippen LogP contribution < -0.4 is 0 Å². The summed E-state index contributed by atoms with van der Waals surface area (Å²) in [5, 5.41) is 8.80. The van der Waals surface area contributed by atoms with Gasteiger partial charge in [-0.3, -0.25) is 9.59 Å². The van der Waals surface area contributed by atoms with Gasteiger partial charge in [-0.15, -0.1) is 0 Å². The molecule has 1 rings (SSSR count). The molecule has 0 aromatic heterocycles. The first-order valence-corrected chi connectivity index (χ1v) is 10.0. The number of sulfonamides is 1. The van der Waals surface area contributed by atoms with E-state index in [1.54, 1.807) is 16.7 Å². The maximum absolute atomic E-state index is 12.0. The van der Waals surface area contributed by atoms with Crippen LogP contribution in [0.15, 0.2) is 0 Å². The van der Waals surface area contributed by atoms with E-state index in [2.05, 4.69) is 0 Å². The van der Waals surface area contributed by atoms with Gasteiger partial charge in [0.15, 0.2) is 0 Å². The van der Waals surface area contributed by atoms with Crippen LogP contribution in [0.1, 0.15) is 6.42 Å². The van der Waals surface area contributed by atoms with Crippen LogP contribution in [-0.2, 0) is 24.3 Å². The Balaban J connectivity index is 2.63. The maximum atomic E-state index is 12.0. The van der Waals surface area contributed by atoms with E-state index in [0.29, 0.717) is 19.6 Å². The number of carbonyl (C=O) groups excluding carboxylic acids is 1. The number of hydrogen-bond donors (Lipinski definition) is 1. The van der Waals surface area contributed by atoms with Gasteiger partial charge in [0.25, 0.3) is 0 Å². The predicted octanol–water partition coefficient (Wildman–Crippen LogP) is -0.687. The highest BCUT2D eigenvalue weighted by Crippen LogP contribution is 2.11. The fraction of sp³-hybridized carbons (Fsp3) is 0.833. The quantitative estimate of drug-likeness (QED) is 0.615. The average molecular weight is 354 g/mol. The molecule has 1 atom stereocenters. The van der Waals surface area contributed by atoms with E-state index in [-0.39, 0.29) is 19.0 Å². The van der Waals surface area contributed by atoms with Gasteiger partial charge in [-0.05, 0) is 6.26 Å². The Kier molecular flexibility index (Phi) is 7.60. The van der Waals surface area contributed by atoms with E-state index in [1.807, 2.05) is 6.26 Å². The second-order valence-electron chi connectivity index (χ2n) is 5.02. The standard InChI is InChI=1S/C12H22N2O6S2/c1-21-6-3-11(15)13-4-5-20-10(7-13)8-14(9-12(16)17)22(2,18)19/h10H,3-9H2,1-2H3,(H,16,17)/t10-/m0/s1. The number of amides is 1. The van der Waals surface area contributed by atoms with Gasteiger partial charge >= 0.3 is 5.97 Å². The van der Waals surface area contributed by atoms with Crippen LogP contribution in [0.3, 0.4) is 0 Å². The van der Waals surface area contributed by atoms with Crippen LogP contribution in [0, 0.1) is 0 Å². The van der Waals surface area contributed by atoms with Crippen LogP contribution in [0.25, 0.3) is 0 Å². The molecule has 1 fully saturated rings. The molecule has 22 heavy (non-hydrogen) atoms. The summed E-state index contributed by atoms with van der Waals surface area (Å²) in [7, 11) is -3.65. The number of aliphatic carboxylic acids is 1. The first-order valence-electron chi connectivity index (χ1n) is 6.79. The zero-order chi connectivity index (χ0) is 16.8. The molecule has 0 saturated carbocycles. The van der Waals surface area contributed by atoms with Crippen molar-refractivity contribution in [3.63, 3.8) is 0 Å². The molecule has 1 N–H and O–H groups in total. The van der Waals surface area contributed by atoms with Gasteiger partial charge in [0.2, 0.25) is 15.9 Å². The Morgan fingerprint density at radius 1 is 1.45 bits per heavy atom. The zero-order valence-corrected chi connectivity index (χ0v) is 14.4. The maximum Gasteiger partial charge on any atom is 0.318 e. The van der Waals surface area contributed by atoms with Crippen LogP contribution >= 0.6 is 11.8 Å². The van der Waals surface area contributed by atoms with E-state index >= 15 is 0 Å². The molecule has 0 aromatic rings. The van der Waals surface area contributed by atoms with Crippen molar-refractivity contribution in [2.75, 3.05) is 51.1 Å². The Morgan fingerprint density at radius 2 is 2.14 bits per heavy atom. The SMILES string of the molecule is CSCCC(=O)N1CCO[C@H](CN(CC(=O)O)S(C)(=O)=O)C1. The molecule has 1 amide bonds. The summed E-state index contributed by atoms with van der Waals surface area (Å²) in [5.74, 6) is -0.490. The van der Waals surface area contributed by atoms with E-state index in [0.717, 1.165) is 16.3 Å². The molecule has 1 saturated heterocycles. The number of carbonyl (C=O) groups is 2. The summed E-state index contributed by atoms with van der Waals surface area (Å²) in [6.45, 7) is 0.386. The lowest BCUT2D eigenvalue weighted by Crippen LogP contribution is -2.51. The number of carboxylic acids is 1. The molecular weight excluding hydrogens is 332 g/mol. The van der Waals surface area contributed by atoms with Gasteiger partial charge in [0, 0.05) is 31.8 Å². The molecule has 1 aliphatic heterocycles. The summed E-state index contributed by atoms with van der Waals surface area (Å²) < 4.78 is 29.6. The minimum atomic E-state index is -3.65. The van der Waals surface area contributed by atoms with Crippen molar-refractivity contribution in [3.05, 3.63) is 0 Å². The summed E-state index contributed by atoms with van der Waals surface area (Å²) in [5.41, 5.74) is 0. The molecule has 0 bridgehead atoms. The number of nitrogens with zero attached hydrogens (tertiary/aromatic N) is 2. The largest absolute Gasteiger partial charge is 0.480 e. The van der Waals surface area contributed by atoms with E-state index in [4.69, 9.17) is 9.84 Å². The number of carboxylic acid groups (broad SMARTS) is 1. The summed E-state index contributed by atoms with van der Waals surface area (Å²) in [6, 6.07) is 0. The normalized spacial score (nSPS) is 19.4. The predicted molar refractivity (Wildman–Crippen MR) is 83.4 cm³/mol. The van der Waals surface area contributed by atoms with Gasteiger partial charge in [-0.25, -0.2) is 8.42 Å². The van der Waals surface area contributed by atoms with E-state index in [1.165, 1.54) is 0 Å². The van der Waals surface area contributed by atoms with Crippen LogP contribution in [-0.4, -0.2) is 91.8 Å². The van der Waals surface area contributed by atoms with Gasteiger partial charge in [0.1, 0.15) is 6.54 Å². The van der Waals surface area contributed by atoms with Crippen molar-refractivity contribution in [1.29, 1.82) is 0 Å². The minimum Gasteiger partial charge on any atom is -0.480 e. The molecule has 1 heterocycles. The number of ether oxygens (including phenoxy) is 1. The van der Waals surface area contributed by atoms with Crippen LogP contribution in [0.4, 0.5) is 0 Å². The Hall–Kier alpha value is -0.840. The Labute approximate surface area is 134 Å². The number of thioether (sulfide) groups is 1. The van der Waals surface area contributed by atoms with Crippen LogP contribution in [0.2, 0.25) is 0 Å². The van der Waals surface area contributed by atoms with Crippen molar-refractivity contribution in [3.8, 4) is 0 Å². The third-order valence-corrected chi connectivity index (χ3v) is 5.03. The van der Waals surface area contributed by atoms with Crippen molar-refractivity contribution in [1.82, 2.24) is 9.21 Å². The fourth-order valence-corrected chi connectivity index (χ4v) is 3.26. The molecular formula is C12H22N2O6S2. The third kappa shape index (κ3) is 6.51. The fourth-order valence-electron chi connectivity index (χ4n) is 2.10. The van der Waals surface area contributed by atoms with Gasteiger partial charge < -0.3 is 14.7 Å². The molecule has 1 aliphatic rings. The molecule has 0 radical (unpaired) electrons. The lowest BCUT2D eigenvalue weighted by Gasteiger charge is -2.34. The monoisotopic (exact) mass is 354 g/mol. The van der Waals surface area contributed by atoms with E-state index < -0.39 is 28.6 Å². The van der Waals surface area contributed by atoms with Crippen LogP contribution in [0.5, 0.6) is 0 Å². The molecule has 8 nitrogen and oxygen atoms in total. The van der Waals surface area contributed by atoms with Crippen molar-refractivity contribution >= 4 is 33.7 Å². The number of rotatable bonds is 8. The van der Waals surface area contributed by atoms with Crippen molar-refractivity contribution in [2.45, 2.75) is 12.5 Å². The Morgan fingerprint density at radius 3 is 2.68 bits per heavy atom. The topological polar surface area (TPSA) is 104 Å². The highest BCUT2D eigenvalue weighted by Gasteiger charge is 2.29. The smallest absolute Gasteiger partial charge is 0.318 e. The number of hydrogen-bond acceptors (Lipinski definition) is 6. The van der Waals surface area contributed by atoms with Crippen molar-refractivity contribution < 1.29 is 27.9 Å². The highest BCUT2D eigenvalue weighted by molar-refractivity contribution is 7.98. The zero-order valence-electron chi connectivity index (χ0n) is 12.7. The molecule has 10 heteroatoms. The summed E-state index contributed by atoms with van der Waals surface area (Å²) in [6.07, 6.45) is 2.80. The molecule has 0 aromatic carbocycles. The minimum absolute atomic E-state index is 0.00629. The third-order valence-electron chi connectivity index (χ3n) is 3.20. The summed E-state index contributed by atoms with van der Waals surface area (Å²) in [4.78, 5) is 24.4. The molecule has 0 aliphatic carbocycles. The number of morpholine rings is 1. The van der Waals surface area contributed by atoms with Gasteiger partial charge in [-0.2, -0.15) is 16.1 Å². The van der Waals surface area contributed by atoms with Crippen molar-refractivity contribution in [2.24, 2.45) is 0 Å². The lowest BCUT2D eigenvalue weighted by atomic mass is 10.2. The lowest BCUT2D eigenvalue weighted by molar-refractivity contribution is -0.141. The molecule has 128 valence electrons. The Bertz CT molecular complexity index is 496. The highest BCUT2D eigenvalue weighted by atomic mass is 32.2. The first kappa shape index (κ1) is 19.2. The first-order chi connectivity index (χ1) is 10.2. The van der Waals surface area contributed by atoms with Gasteiger partial charge in [-0.1, -0.05) is 0 Å². The van der Waals surface area contributed by atoms with Gasteiger partial charge in [0.05, 0.1) is 19.0 Å². The van der Waals surface area contributed by atoms with E-state index in [9.17, 15) is 18.0 Å². The molecule has 0 unspecified atom stereocenters. The second-order valence-corrected chi connectivity index (χ2v) is 7.99. The average Bonchev–Trinajstić information content (AvgIpc) is 2.43. The second kappa shape index (κ2) is 8.70. The summed E-state index contributed by atoms with van der Waals surface area (Å²) >= 11 is 1.58. The molecule has 0 spiro atoms.